The highest BCUT2D eigenvalue weighted by Crippen LogP contribution is 2.62. The summed E-state index contributed by atoms with van der Waals surface area (Å²) in [5, 5.41) is 0. The van der Waals surface area contributed by atoms with Crippen LogP contribution >= 0.6 is 15.6 Å². The quantitative estimate of drug-likeness (QED) is 0.327. The molecule has 2 aromatic carbocycles. The Hall–Kier alpha value is -1.62. The van der Waals surface area contributed by atoms with Gasteiger partial charge in [0.1, 0.15) is 11.5 Å². The molecular formula is C30H48O7P2. The summed E-state index contributed by atoms with van der Waals surface area (Å²) in [4.78, 5) is 21.7. The Morgan fingerprint density at radius 3 is 0.897 bits per heavy atom. The molecule has 0 aliphatic rings. The summed E-state index contributed by atoms with van der Waals surface area (Å²) in [6.45, 7) is 27.4. The molecule has 0 aliphatic heterocycles. The Balaban J connectivity index is 2.62. The van der Waals surface area contributed by atoms with E-state index in [2.05, 4.69) is 0 Å². The maximum absolute atomic E-state index is 13.3. The van der Waals surface area contributed by atoms with Gasteiger partial charge in [0.25, 0.3) is 0 Å². The predicted octanol–water partition coefficient (Wildman–Crippen LogP) is 9.17. The third kappa shape index (κ3) is 8.68. The van der Waals surface area contributed by atoms with Gasteiger partial charge in [0.15, 0.2) is 0 Å². The van der Waals surface area contributed by atoms with E-state index in [1.54, 1.807) is 0 Å². The van der Waals surface area contributed by atoms with Crippen LogP contribution in [-0.2, 0) is 35.1 Å². The first kappa shape index (κ1) is 33.6. The van der Waals surface area contributed by atoms with Crippen molar-refractivity contribution >= 4 is 15.6 Å². The Morgan fingerprint density at radius 1 is 0.513 bits per heavy atom. The fourth-order valence-corrected chi connectivity index (χ4v) is 6.53. The van der Waals surface area contributed by atoms with Gasteiger partial charge in [0.05, 0.1) is 0 Å². The van der Waals surface area contributed by atoms with Crippen molar-refractivity contribution in [2.75, 3.05) is 0 Å². The SMILES string of the molecule is Cc1cc(C(C)(C)C)c(OP(=O)(O)OP(=O)(O)Oc2c(C(C)(C)C)cc(C)cc2C(C)(C)C)c(C(C)(C)C)c1. The lowest BCUT2D eigenvalue weighted by molar-refractivity contribution is 0.230. The Morgan fingerprint density at radius 2 is 0.718 bits per heavy atom. The van der Waals surface area contributed by atoms with Crippen LogP contribution in [-0.4, -0.2) is 9.79 Å². The molecule has 9 heteroatoms. The minimum atomic E-state index is -5.14. The van der Waals surface area contributed by atoms with Crippen LogP contribution in [0.2, 0.25) is 0 Å². The highest BCUT2D eigenvalue weighted by atomic mass is 31.3. The van der Waals surface area contributed by atoms with Gasteiger partial charge in [-0.25, -0.2) is 9.13 Å². The molecule has 39 heavy (non-hydrogen) atoms. The molecule has 0 fully saturated rings. The highest BCUT2D eigenvalue weighted by Gasteiger charge is 2.42. The smallest absolute Gasteiger partial charge is 0.403 e. The molecule has 0 aliphatic carbocycles. The molecule has 0 spiro atoms. The van der Waals surface area contributed by atoms with E-state index in [4.69, 9.17) is 13.4 Å². The molecule has 0 aromatic heterocycles. The summed E-state index contributed by atoms with van der Waals surface area (Å²) < 4.78 is 42.9. The Bertz CT molecular complexity index is 1150. The van der Waals surface area contributed by atoms with Crippen molar-refractivity contribution in [3.05, 3.63) is 57.6 Å². The van der Waals surface area contributed by atoms with Gasteiger partial charge < -0.3 is 9.05 Å². The van der Waals surface area contributed by atoms with Crippen molar-refractivity contribution in [2.45, 2.75) is 119 Å². The van der Waals surface area contributed by atoms with Crippen LogP contribution in [0.25, 0.3) is 0 Å². The number of phosphoric ester groups is 2. The molecule has 0 amide bonds. The standard InChI is InChI=1S/C30H48O7P2/c1-19-15-21(27(3,4)5)25(22(16-19)28(6,7)8)35-38(31,32)37-39(33,34)36-26-23(29(9,10)11)17-20(2)18-24(26)30(12,13)14/h15-18H,1-14H3,(H,31,32)(H,33,34). The van der Waals surface area contributed by atoms with Crippen LogP contribution in [0.1, 0.15) is 116 Å². The van der Waals surface area contributed by atoms with Crippen LogP contribution < -0.4 is 9.05 Å². The Kier molecular flexibility index (Phi) is 9.17. The van der Waals surface area contributed by atoms with Crippen molar-refractivity contribution < 1.29 is 32.3 Å². The molecule has 2 atom stereocenters. The zero-order valence-corrected chi connectivity index (χ0v) is 27.9. The monoisotopic (exact) mass is 582 g/mol. The normalized spacial score (nSPS) is 16.4. The largest absolute Gasteiger partial charge is 0.537 e. The van der Waals surface area contributed by atoms with Gasteiger partial charge in [-0.05, 0) is 35.5 Å². The van der Waals surface area contributed by atoms with Crippen molar-refractivity contribution in [1.82, 2.24) is 0 Å². The molecule has 0 heterocycles. The summed E-state index contributed by atoms with van der Waals surface area (Å²) in [6.07, 6.45) is 0. The van der Waals surface area contributed by atoms with Crippen LogP contribution in [0.15, 0.2) is 24.3 Å². The topological polar surface area (TPSA) is 102 Å². The number of benzene rings is 2. The fourth-order valence-electron chi connectivity index (χ4n) is 4.37. The number of aryl methyl sites for hydroxylation is 2. The van der Waals surface area contributed by atoms with Gasteiger partial charge in [-0.3, -0.25) is 9.79 Å². The number of hydrogen-bond acceptors (Lipinski definition) is 5. The lowest BCUT2D eigenvalue weighted by Crippen LogP contribution is -2.20. The lowest BCUT2D eigenvalue weighted by Gasteiger charge is -2.32. The first-order valence-corrected chi connectivity index (χ1v) is 16.2. The minimum Gasteiger partial charge on any atom is -0.403 e. The average Bonchev–Trinajstić information content (AvgIpc) is 2.65. The van der Waals surface area contributed by atoms with Crippen molar-refractivity contribution in [3.8, 4) is 11.5 Å². The lowest BCUT2D eigenvalue weighted by atomic mass is 9.78. The summed E-state index contributed by atoms with van der Waals surface area (Å²) >= 11 is 0. The second-order valence-electron chi connectivity index (χ2n) is 14.6. The van der Waals surface area contributed by atoms with Crippen LogP contribution in [0, 0.1) is 13.8 Å². The zero-order valence-electron chi connectivity index (χ0n) is 26.1. The molecule has 2 unspecified atom stereocenters. The van der Waals surface area contributed by atoms with Gasteiger partial charge in [-0.2, -0.15) is 4.31 Å². The molecule has 0 radical (unpaired) electrons. The third-order valence-electron chi connectivity index (χ3n) is 6.32. The van der Waals surface area contributed by atoms with Crippen molar-refractivity contribution in [2.24, 2.45) is 0 Å². The predicted molar refractivity (Wildman–Crippen MR) is 159 cm³/mol. The van der Waals surface area contributed by atoms with E-state index >= 15 is 0 Å². The van der Waals surface area contributed by atoms with E-state index in [0.29, 0.717) is 22.3 Å². The Labute approximate surface area is 235 Å². The molecule has 220 valence electrons. The maximum atomic E-state index is 13.3. The average molecular weight is 583 g/mol. The van der Waals surface area contributed by atoms with Gasteiger partial charge in [0.2, 0.25) is 0 Å². The first-order valence-electron chi connectivity index (χ1n) is 13.2. The molecule has 0 saturated carbocycles. The highest BCUT2D eigenvalue weighted by molar-refractivity contribution is 7.61. The first-order chi connectivity index (χ1) is 17.1. The number of phosphoric acid groups is 2. The summed E-state index contributed by atoms with van der Waals surface area (Å²) in [6, 6.07) is 7.54. The molecule has 2 N–H and O–H groups in total. The fraction of sp³-hybridized carbons (Fsp3) is 0.600. The van der Waals surface area contributed by atoms with Gasteiger partial charge in [0, 0.05) is 22.3 Å². The van der Waals surface area contributed by atoms with Crippen LogP contribution in [0.5, 0.6) is 11.5 Å². The van der Waals surface area contributed by atoms with Crippen molar-refractivity contribution in [3.63, 3.8) is 0 Å². The molecular weight excluding hydrogens is 534 g/mol. The second kappa shape index (κ2) is 10.7. The van der Waals surface area contributed by atoms with Gasteiger partial charge >= 0.3 is 15.6 Å². The molecule has 2 aromatic rings. The van der Waals surface area contributed by atoms with E-state index < -0.39 is 37.3 Å². The molecule has 2 rings (SSSR count). The van der Waals surface area contributed by atoms with Crippen LogP contribution in [0.4, 0.5) is 0 Å². The summed E-state index contributed by atoms with van der Waals surface area (Å²) in [5.41, 5.74) is 2.85. The number of hydrogen-bond donors (Lipinski definition) is 2. The summed E-state index contributed by atoms with van der Waals surface area (Å²) in [5.74, 6) is 0.320. The van der Waals surface area contributed by atoms with E-state index in [1.165, 1.54) is 0 Å². The zero-order chi connectivity index (χ0) is 30.6. The molecule has 0 bridgehead atoms. The third-order valence-corrected chi connectivity index (χ3v) is 8.80. The van der Waals surface area contributed by atoms with E-state index in [-0.39, 0.29) is 11.5 Å². The van der Waals surface area contributed by atoms with E-state index in [1.807, 2.05) is 121 Å². The molecule has 7 nitrogen and oxygen atoms in total. The van der Waals surface area contributed by atoms with Gasteiger partial charge in [-0.1, -0.05) is 118 Å². The maximum Gasteiger partial charge on any atom is 0.537 e. The minimum absolute atomic E-state index is 0.160. The van der Waals surface area contributed by atoms with Crippen molar-refractivity contribution in [1.29, 1.82) is 0 Å². The second-order valence-corrected chi connectivity index (χ2v) is 17.5. The summed E-state index contributed by atoms with van der Waals surface area (Å²) in [7, 11) is -10.3. The van der Waals surface area contributed by atoms with E-state index in [9.17, 15) is 18.9 Å². The van der Waals surface area contributed by atoms with Gasteiger partial charge in [-0.15, -0.1) is 0 Å². The van der Waals surface area contributed by atoms with E-state index in [0.717, 1.165) is 11.1 Å². The number of rotatable bonds is 6. The van der Waals surface area contributed by atoms with Crippen LogP contribution in [0.3, 0.4) is 0 Å². The molecule has 0 saturated heterocycles.